The number of para-hydroxylation sites is 1. The lowest BCUT2D eigenvalue weighted by Gasteiger charge is -1.98. The number of benzene rings is 3. The highest BCUT2D eigenvalue weighted by Gasteiger charge is 2.23. The number of fused-ring (bicyclic) bond motifs is 4. The van der Waals surface area contributed by atoms with Crippen LogP contribution in [0.1, 0.15) is 16.7 Å². The number of rotatable bonds is 2. The molecule has 1 N–H and O–H groups in total. The second kappa shape index (κ2) is 5.56. The lowest BCUT2D eigenvalue weighted by Crippen LogP contribution is -1.97. The highest BCUT2D eigenvalue weighted by Crippen LogP contribution is 2.36. The summed E-state index contributed by atoms with van der Waals surface area (Å²) in [5.74, 6) is 0. The average molecular weight is 321 g/mol. The predicted molar refractivity (Wildman–Crippen MR) is 103 cm³/mol. The van der Waals surface area contributed by atoms with Crippen molar-refractivity contribution in [1.82, 2.24) is 4.98 Å². The molecule has 0 fully saturated rings. The summed E-state index contributed by atoms with van der Waals surface area (Å²) in [7, 11) is 0. The van der Waals surface area contributed by atoms with Crippen molar-refractivity contribution in [3.8, 4) is 11.1 Å². The second-order valence-electron chi connectivity index (χ2n) is 6.07. The maximum atomic E-state index is 4.56. The Balaban J connectivity index is 1.59. The van der Waals surface area contributed by atoms with Gasteiger partial charge in [-0.05, 0) is 17.2 Å². The van der Waals surface area contributed by atoms with Crippen LogP contribution >= 0.6 is 0 Å². The number of H-pyrrole nitrogens is 1. The number of hydrogen-bond donors (Lipinski definition) is 1. The Morgan fingerprint density at radius 3 is 2.00 bits per heavy atom. The summed E-state index contributed by atoms with van der Waals surface area (Å²) in [6.07, 6.45) is 3.78. The van der Waals surface area contributed by atoms with Crippen LogP contribution in [0.4, 0.5) is 0 Å². The number of aromatic nitrogens is 1. The molecule has 3 heteroatoms. The minimum atomic E-state index is 0.933. The minimum Gasteiger partial charge on any atom is -0.361 e. The SMILES string of the molecule is C(=N\N=C1c2ccccc2-c2ccccc21)/c1c[nH]c2ccccc12. The minimum absolute atomic E-state index is 0.933. The first-order valence-electron chi connectivity index (χ1n) is 8.28. The molecule has 4 aromatic rings. The summed E-state index contributed by atoms with van der Waals surface area (Å²) in [5, 5.41) is 10.1. The van der Waals surface area contributed by atoms with E-state index in [1.807, 2.05) is 36.7 Å². The topological polar surface area (TPSA) is 40.5 Å². The molecule has 0 spiro atoms. The molecular formula is C22H15N3. The van der Waals surface area contributed by atoms with E-state index in [0.717, 1.165) is 33.3 Å². The van der Waals surface area contributed by atoms with Gasteiger partial charge in [0.15, 0.2) is 0 Å². The molecule has 0 unspecified atom stereocenters. The Hall–Kier alpha value is -3.46. The van der Waals surface area contributed by atoms with E-state index in [2.05, 4.69) is 63.7 Å². The fraction of sp³-hybridized carbons (Fsp3) is 0. The van der Waals surface area contributed by atoms with Crippen LogP contribution in [-0.2, 0) is 0 Å². The van der Waals surface area contributed by atoms with Crippen LogP contribution in [0.15, 0.2) is 89.2 Å². The summed E-state index contributed by atoms with van der Waals surface area (Å²) >= 11 is 0. The van der Waals surface area contributed by atoms with Crippen molar-refractivity contribution in [2.45, 2.75) is 0 Å². The number of hydrogen-bond acceptors (Lipinski definition) is 2. The molecule has 3 nitrogen and oxygen atoms in total. The second-order valence-corrected chi connectivity index (χ2v) is 6.07. The Bertz CT molecular complexity index is 1100. The van der Waals surface area contributed by atoms with Gasteiger partial charge in [0.2, 0.25) is 0 Å². The smallest absolute Gasteiger partial charge is 0.101 e. The van der Waals surface area contributed by atoms with E-state index < -0.39 is 0 Å². The maximum absolute atomic E-state index is 4.56. The molecule has 1 heterocycles. The summed E-state index contributed by atoms with van der Waals surface area (Å²) in [6, 6.07) is 24.9. The van der Waals surface area contributed by atoms with E-state index in [1.54, 1.807) is 0 Å². The molecule has 0 radical (unpaired) electrons. The lowest BCUT2D eigenvalue weighted by atomic mass is 10.1. The molecular weight excluding hydrogens is 306 g/mol. The molecule has 118 valence electrons. The van der Waals surface area contributed by atoms with Gasteiger partial charge in [0.1, 0.15) is 5.71 Å². The molecule has 1 aliphatic rings. The monoisotopic (exact) mass is 321 g/mol. The van der Waals surface area contributed by atoms with Crippen LogP contribution in [0.25, 0.3) is 22.0 Å². The zero-order valence-corrected chi connectivity index (χ0v) is 13.5. The van der Waals surface area contributed by atoms with E-state index in [-0.39, 0.29) is 0 Å². The zero-order valence-electron chi connectivity index (χ0n) is 13.5. The first kappa shape index (κ1) is 13.9. The van der Waals surface area contributed by atoms with Crippen LogP contribution in [0.5, 0.6) is 0 Å². The molecule has 25 heavy (non-hydrogen) atoms. The van der Waals surface area contributed by atoms with E-state index in [0.29, 0.717) is 0 Å². The normalized spacial score (nSPS) is 12.6. The molecule has 0 bridgehead atoms. The van der Waals surface area contributed by atoms with Crippen molar-refractivity contribution in [2.75, 3.05) is 0 Å². The van der Waals surface area contributed by atoms with Gasteiger partial charge in [-0.2, -0.15) is 5.10 Å². The Morgan fingerprint density at radius 2 is 1.28 bits per heavy atom. The van der Waals surface area contributed by atoms with Crippen LogP contribution < -0.4 is 0 Å². The third-order valence-electron chi connectivity index (χ3n) is 4.63. The molecule has 0 aliphatic heterocycles. The van der Waals surface area contributed by atoms with Crippen molar-refractivity contribution in [3.63, 3.8) is 0 Å². The summed E-state index contributed by atoms with van der Waals surface area (Å²) in [4.78, 5) is 3.26. The standard InChI is InChI=1S/C22H15N3/c1-3-10-19-17(8-1)18-9-2-4-11-20(18)22(19)25-24-14-15-13-23-21-12-6-5-7-16(15)21/h1-14,23H/b24-14+. The average Bonchev–Trinajstić information content (AvgIpc) is 3.22. The van der Waals surface area contributed by atoms with Gasteiger partial charge < -0.3 is 4.98 Å². The summed E-state index contributed by atoms with van der Waals surface area (Å²) in [5.41, 5.74) is 7.80. The van der Waals surface area contributed by atoms with E-state index in [1.165, 1.54) is 11.1 Å². The van der Waals surface area contributed by atoms with Gasteiger partial charge in [-0.1, -0.05) is 66.7 Å². The third-order valence-corrected chi connectivity index (χ3v) is 4.63. The van der Waals surface area contributed by atoms with Crippen molar-refractivity contribution in [2.24, 2.45) is 10.2 Å². The Labute approximate surface area is 145 Å². The zero-order chi connectivity index (χ0) is 16.6. The largest absolute Gasteiger partial charge is 0.361 e. The number of nitrogens with zero attached hydrogens (tertiary/aromatic N) is 2. The maximum Gasteiger partial charge on any atom is 0.101 e. The molecule has 1 aliphatic carbocycles. The molecule has 0 saturated heterocycles. The van der Waals surface area contributed by atoms with Gasteiger partial charge in [0.25, 0.3) is 0 Å². The summed E-state index contributed by atoms with van der Waals surface area (Å²) in [6.45, 7) is 0. The van der Waals surface area contributed by atoms with Crippen molar-refractivity contribution in [3.05, 3.63) is 95.7 Å². The van der Waals surface area contributed by atoms with Gasteiger partial charge in [-0.3, -0.25) is 0 Å². The van der Waals surface area contributed by atoms with Crippen LogP contribution in [0.2, 0.25) is 0 Å². The molecule has 3 aromatic carbocycles. The molecule has 0 atom stereocenters. The number of aromatic amines is 1. The van der Waals surface area contributed by atoms with Crippen molar-refractivity contribution >= 4 is 22.8 Å². The van der Waals surface area contributed by atoms with E-state index >= 15 is 0 Å². The molecule has 0 amide bonds. The van der Waals surface area contributed by atoms with Crippen LogP contribution in [0.3, 0.4) is 0 Å². The van der Waals surface area contributed by atoms with Gasteiger partial charge in [-0.25, -0.2) is 0 Å². The Morgan fingerprint density at radius 1 is 0.680 bits per heavy atom. The highest BCUT2D eigenvalue weighted by atomic mass is 15.2. The molecule has 0 saturated carbocycles. The quantitative estimate of drug-likeness (QED) is 0.350. The summed E-state index contributed by atoms with van der Waals surface area (Å²) < 4.78 is 0. The van der Waals surface area contributed by atoms with E-state index in [4.69, 9.17) is 0 Å². The van der Waals surface area contributed by atoms with Gasteiger partial charge in [-0.15, -0.1) is 5.10 Å². The lowest BCUT2D eigenvalue weighted by molar-refractivity contribution is 1.25. The van der Waals surface area contributed by atoms with Gasteiger partial charge in [0.05, 0.1) is 6.21 Å². The molecule has 5 rings (SSSR count). The fourth-order valence-electron chi connectivity index (χ4n) is 3.45. The predicted octanol–water partition coefficient (Wildman–Crippen LogP) is 5.02. The van der Waals surface area contributed by atoms with Crippen LogP contribution in [0, 0.1) is 0 Å². The van der Waals surface area contributed by atoms with Gasteiger partial charge in [0, 0.05) is 33.8 Å². The number of nitrogens with one attached hydrogen (secondary N) is 1. The fourth-order valence-corrected chi connectivity index (χ4v) is 3.45. The first-order chi connectivity index (χ1) is 12.4. The van der Waals surface area contributed by atoms with Crippen molar-refractivity contribution in [1.29, 1.82) is 0 Å². The van der Waals surface area contributed by atoms with E-state index in [9.17, 15) is 0 Å². The third kappa shape index (κ3) is 2.21. The van der Waals surface area contributed by atoms with Crippen molar-refractivity contribution < 1.29 is 0 Å². The van der Waals surface area contributed by atoms with Crippen LogP contribution in [-0.4, -0.2) is 16.9 Å². The highest BCUT2D eigenvalue weighted by molar-refractivity contribution is 6.24. The Kier molecular flexibility index (Phi) is 3.10. The molecule has 1 aromatic heterocycles. The van der Waals surface area contributed by atoms with Gasteiger partial charge >= 0.3 is 0 Å². The first-order valence-corrected chi connectivity index (χ1v) is 8.28.